The second-order valence-corrected chi connectivity index (χ2v) is 7.07. The number of carbonyl (C=O) groups excluding carboxylic acids is 1. The molecule has 2 rings (SSSR count). The van der Waals surface area contributed by atoms with Crippen LogP contribution in [0.2, 0.25) is 0 Å². The standard InChI is InChI=1S/C11H17NO4S2/c13-9(5-8-6-17-3-4-18-8)12-11(10(14)15)1-2-16-7-11/h8H,1-7H2,(H,12,13)(H,14,15). The molecule has 18 heavy (non-hydrogen) atoms. The lowest BCUT2D eigenvalue weighted by atomic mass is 9.99. The van der Waals surface area contributed by atoms with E-state index < -0.39 is 11.5 Å². The van der Waals surface area contributed by atoms with Gasteiger partial charge in [-0.3, -0.25) is 4.79 Å². The Morgan fingerprint density at radius 2 is 2.28 bits per heavy atom. The Labute approximate surface area is 114 Å². The molecule has 2 saturated heterocycles. The first-order valence-corrected chi connectivity index (χ1v) is 8.14. The van der Waals surface area contributed by atoms with E-state index in [9.17, 15) is 14.7 Å². The third-order valence-corrected chi connectivity index (χ3v) is 5.95. The quantitative estimate of drug-likeness (QED) is 0.789. The summed E-state index contributed by atoms with van der Waals surface area (Å²) in [6.45, 7) is 0.460. The topological polar surface area (TPSA) is 75.6 Å². The maximum Gasteiger partial charge on any atom is 0.331 e. The highest BCUT2D eigenvalue weighted by atomic mass is 32.2. The number of hydrogen-bond donors (Lipinski definition) is 2. The van der Waals surface area contributed by atoms with E-state index in [1.807, 2.05) is 11.8 Å². The number of nitrogens with one attached hydrogen (secondary N) is 1. The molecule has 0 bridgehead atoms. The van der Waals surface area contributed by atoms with Crippen LogP contribution >= 0.6 is 23.5 Å². The zero-order valence-electron chi connectivity index (χ0n) is 10.0. The summed E-state index contributed by atoms with van der Waals surface area (Å²) in [6, 6.07) is 0. The van der Waals surface area contributed by atoms with Gasteiger partial charge in [-0.1, -0.05) is 0 Å². The SMILES string of the molecule is O=C(CC1CSCCS1)NC1(C(=O)O)CCOC1. The fourth-order valence-corrected chi connectivity index (χ4v) is 4.74. The van der Waals surface area contributed by atoms with E-state index in [0.29, 0.717) is 24.7 Å². The number of carboxylic acids is 1. The Balaban J connectivity index is 1.87. The van der Waals surface area contributed by atoms with Crippen LogP contribution in [0.1, 0.15) is 12.8 Å². The van der Waals surface area contributed by atoms with Gasteiger partial charge in [-0.05, 0) is 0 Å². The number of hydrogen-bond acceptors (Lipinski definition) is 5. The molecule has 0 saturated carbocycles. The molecular formula is C11H17NO4S2. The third kappa shape index (κ3) is 3.33. The zero-order chi connectivity index (χ0) is 13.0. The molecule has 7 heteroatoms. The summed E-state index contributed by atoms with van der Waals surface area (Å²) in [4.78, 5) is 23.2. The molecule has 102 valence electrons. The summed E-state index contributed by atoms with van der Waals surface area (Å²) in [5.74, 6) is 1.99. The number of aliphatic carboxylic acids is 1. The lowest BCUT2D eigenvalue weighted by Crippen LogP contribution is -2.55. The first-order chi connectivity index (χ1) is 8.62. The van der Waals surface area contributed by atoms with Crippen molar-refractivity contribution in [2.45, 2.75) is 23.6 Å². The van der Waals surface area contributed by atoms with Crippen molar-refractivity contribution < 1.29 is 19.4 Å². The van der Waals surface area contributed by atoms with Crippen LogP contribution in [0, 0.1) is 0 Å². The Bertz CT molecular complexity index is 325. The highest BCUT2D eigenvalue weighted by Gasteiger charge is 2.44. The molecule has 2 unspecified atom stereocenters. The molecule has 2 heterocycles. The van der Waals surface area contributed by atoms with Gasteiger partial charge in [0.05, 0.1) is 6.61 Å². The second kappa shape index (κ2) is 6.16. The van der Waals surface area contributed by atoms with Crippen molar-refractivity contribution in [2.24, 2.45) is 0 Å². The number of amides is 1. The summed E-state index contributed by atoms with van der Waals surface area (Å²) >= 11 is 3.65. The Morgan fingerprint density at radius 3 is 2.83 bits per heavy atom. The van der Waals surface area contributed by atoms with Crippen molar-refractivity contribution >= 4 is 35.4 Å². The van der Waals surface area contributed by atoms with Gasteiger partial charge in [0.1, 0.15) is 0 Å². The molecule has 0 aromatic rings. The maximum absolute atomic E-state index is 11.9. The highest BCUT2D eigenvalue weighted by molar-refractivity contribution is 8.06. The van der Waals surface area contributed by atoms with Crippen molar-refractivity contribution in [1.82, 2.24) is 5.32 Å². The van der Waals surface area contributed by atoms with Gasteiger partial charge < -0.3 is 15.2 Å². The van der Waals surface area contributed by atoms with E-state index in [0.717, 1.165) is 17.3 Å². The van der Waals surface area contributed by atoms with Crippen LogP contribution in [-0.4, -0.2) is 58.2 Å². The van der Waals surface area contributed by atoms with Gasteiger partial charge in [0.15, 0.2) is 5.54 Å². The molecule has 0 radical (unpaired) electrons. The van der Waals surface area contributed by atoms with Crippen molar-refractivity contribution in [2.75, 3.05) is 30.5 Å². The van der Waals surface area contributed by atoms with Crippen molar-refractivity contribution in [1.29, 1.82) is 0 Å². The lowest BCUT2D eigenvalue weighted by molar-refractivity contribution is -0.147. The molecule has 0 aromatic heterocycles. The van der Waals surface area contributed by atoms with Crippen LogP contribution < -0.4 is 5.32 Å². The van der Waals surface area contributed by atoms with Crippen molar-refractivity contribution in [3.05, 3.63) is 0 Å². The van der Waals surface area contributed by atoms with Gasteiger partial charge in [-0.2, -0.15) is 23.5 Å². The number of carboxylic acid groups (broad SMARTS) is 1. The average molecular weight is 291 g/mol. The monoisotopic (exact) mass is 291 g/mol. The predicted octanol–water partition coefficient (Wildman–Crippen LogP) is 0.585. The first-order valence-electron chi connectivity index (χ1n) is 5.94. The highest BCUT2D eigenvalue weighted by Crippen LogP contribution is 2.27. The van der Waals surface area contributed by atoms with Crippen LogP contribution in [0.4, 0.5) is 0 Å². The summed E-state index contributed by atoms with van der Waals surface area (Å²) in [5.41, 5.74) is -1.20. The summed E-state index contributed by atoms with van der Waals surface area (Å²) in [5, 5.41) is 12.2. The summed E-state index contributed by atoms with van der Waals surface area (Å²) in [7, 11) is 0. The van der Waals surface area contributed by atoms with Crippen molar-refractivity contribution in [3.8, 4) is 0 Å². The Morgan fingerprint density at radius 1 is 1.44 bits per heavy atom. The molecule has 1 amide bonds. The van der Waals surface area contributed by atoms with E-state index in [-0.39, 0.29) is 12.5 Å². The Kier molecular flexibility index (Phi) is 4.80. The molecule has 0 aromatic carbocycles. The third-order valence-electron chi connectivity index (χ3n) is 3.11. The predicted molar refractivity (Wildman–Crippen MR) is 72.1 cm³/mol. The number of carbonyl (C=O) groups is 2. The van der Waals surface area contributed by atoms with Crippen LogP contribution in [0.3, 0.4) is 0 Å². The van der Waals surface area contributed by atoms with Gasteiger partial charge in [-0.15, -0.1) is 0 Å². The normalized spacial score (nSPS) is 32.1. The largest absolute Gasteiger partial charge is 0.479 e. The average Bonchev–Trinajstić information content (AvgIpc) is 2.80. The fourth-order valence-electron chi connectivity index (χ4n) is 2.06. The zero-order valence-corrected chi connectivity index (χ0v) is 11.6. The lowest BCUT2D eigenvalue weighted by Gasteiger charge is -2.26. The van der Waals surface area contributed by atoms with E-state index in [1.165, 1.54) is 0 Å². The molecule has 5 nitrogen and oxygen atoms in total. The molecule has 2 N–H and O–H groups in total. The van der Waals surface area contributed by atoms with E-state index in [2.05, 4.69) is 5.32 Å². The van der Waals surface area contributed by atoms with Gasteiger partial charge in [0.25, 0.3) is 0 Å². The van der Waals surface area contributed by atoms with Crippen LogP contribution in [0.25, 0.3) is 0 Å². The molecule has 2 aliphatic heterocycles. The number of rotatable bonds is 4. The molecule has 2 aliphatic rings. The van der Waals surface area contributed by atoms with E-state index in [1.54, 1.807) is 11.8 Å². The molecule has 2 atom stereocenters. The van der Waals surface area contributed by atoms with E-state index in [4.69, 9.17) is 4.74 Å². The maximum atomic E-state index is 11.9. The minimum Gasteiger partial charge on any atom is -0.479 e. The van der Waals surface area contributed by atoms with Crippen LogP contribution in [-0.2, 0) is 14.3 Å². The minimum absolute atomic E-state index is 0.0701. The minimum atomic E-state index is -1.20. The molecule has 0 spiro atoms. The molecule has 0 aliphatic carbocycles. The first kappa shape index (κ1) is 14.0. The van der Waals surface area contributed by atoms with Gasteiger partial charge in [0.2, 0.25) is 5.91 Å². The van der Waals surface area contributed by atoms with E-state index >= 15 is 0 Å². The van der Waals surface area contributed by atoms with Gasteiger partial charge in [0, 0.05) is 42.0 Å². The van der Waals surface area contributed by atoms with Gasteiger partial charge in [-0.25, -0.2) is 4.79 Å². The van der Waals surface area contributed by atoms with Crippen LogP contribution in [0.5, 0.6) is 0 Å². The molecule has 2 fully saturated rings. The number of ether oxygens (including phenoxy) is 1. The summed E-state index contributed by atoms with van der Waals surface area (Å²) < 4.78 is 5.11. The fraction of sp³-hybridized carbons (Fsp3) is 0.818. The molecular weight excluding hydrogens is 274 g/mol. The van der Waals surface area contributed by atoms with Gasteiger partial charge >= 0.3 is 5.97 Å². The summed E-state index contributed by atoms with van der Waals surface area (Å²) in [6.07, 6.45) is 0.743. The smallest absolute Gasteiger partial charge is 0.331 e. The van der Waals surface area contributed by atoms with Crippen molar-refractivity contribution in [3.63, 3.8) is 0 Å². The number of thioether (sulfide) groups is 2. The van der Waals surface area contributed by atoms with Crippen LogP contribution in [0.15, 0.2) is 0 Å². The Hall–Kier alpha value is -0.400. The second-order valence-electron chi connectivity index (χ2n) is 4.51.